The maximum atomic E-state index is 11.6. The first-order valence-electron chi connectivity index (χ1n) is 3.55. The lowest BCUT2D eigenvalue weighted by Crippen LogP contribution is -2.07. The summed E-state index contributed by atoms with van der Waals surface area (Å²) >= 11 is 0.0295. The number of benzene rings is 1. The molecule has 0 heterocycles. The molecule has 8 heteroatoms. The third kappa shape index (κ3) is 4.17. The largest absolute Gasteiger partial charge is 0.533 e. The van der Waals surface area contributed by atoms with E-state index >= 15 is 0 Å². The Morgan fingerprint density at radius 2 is 2.07 bits per heavy atom. The highest BCUT2D eigenvalue weighted by atomic mass is 32.2. The molecule has 0 radical (unpaired) electrons. The summed E-state index contributed by atoms with van der Waals surface area (Å²) in [6, 6.07) is 4.73. The summed E-state index contributed by atoms with van der Waals surface area (Å²) in [5.41, 5.74) is -0.286. The fraction of sp³-hybridized carbons (Fsp3) is 0.143. The van der Waals surface area contributed by atoms with Crippen molar-refractivity contribution in [1.29, 1.82) is 0 Å². The molecule has 0 saturated heterocycles. The standard InChI is InChI=1S/C7H4F3NO3S/c8-7(9,10)14-15-6-3-1-2-5(4-6)11(12)13/h1-4H. The fourth-order valence-electron chi connectivity index (χ4n) is 0.744. The average molecular weight is 239 g/mol. The van der Waals surface area contributed by atoms with Crippen LogP contribution in [0.15, 0.2) is 29.2 Å². The summed E-state index contributed by atoms with van der Waals surface area (Å²) in [6.45, 7) is 0. The molecule has 0 unspecified atom stereocenters. The minimum Gasteiger partial charge on any atom is -0.258 e. The highest BCUT2D eigenvalue weighted by molar-refractivity contribution is 7.94. The van der Waals surface area contributed by atoms with Gasteiger partial charge < -0.3 is 0 Å². The van der Waals surface area contributed by atoms with Crippen molar-refractivity contribution in [3.05, 3.63) is 34.4 Å². The summed E-state index contributed by atoms with van der Waals surface area (Å²) < 4.78 is 38.3. The maximum Gasteiger partial charge on any atom is 0.533 e. The Bertz CT molecular complexity index is 369. The number of nitro groups is 1. The lowest BCUT2D eigenvalue weighted by molar-refractivity contribution is -0.385. The number of alkyl halides is 3. The zero-order valence-corrected chi connectivity index (χ0v) is 7.84. The van der Waals surface area contributed by atoms with Crippen molar-refractivity contribution in [3.8, 4) is 0 Å². The average Bonchev–Trinajstić information content (AvgIpc) is 2.14. The van der Waals surface area contributed by atoms with Crippen molar-refractivity contribution < 1.29 is 22.3 Å². The second-order valence-electron chi connectivity index (χ2n) is 2.37. The molecule has 0 aliphatic carbocycles. The summed E-state index contributed by atoms with van der Waals surface area (Å²) in [5, 5.41) is 10.3. The third-order valence-electron chi connectivity index (χ3n) is 1.26. The van der Waals surface area contributed by atoms with Gasteiger partial charge in [0.2, 0.25) is 0 Å². The molecular formula is C7H4F3NO3S. The first-order valence-corrected chi connectivity index (χ1v) is 4.29. The molecule has 0 N–H and O–H groups in total. The van der Waals surface area contributed by atoms with E-state index in [4.69, 9.17) is 0 Å². The van der Waals surface area contributed by atoms with Gasteiger partial charge in [0, 0.05) is 29.1 Å². The number of non-ortho nitro benzene ring substituents is 1. The van der Waals surface area contributed by atoms with Gasteiger partial charge >= 0.3 is 6.36 Å². The van der Waals surface area contributed by atoms with Gasteiger partial charge in [-0.15, -0.1) is 13.2 Å². The van der Waals surface area contributed by atoms with Gasteiger partial charge in [-0.3, -0.25) is 10.1 Å². The van der Waals surface area contributed by atoms with Crippen LogP contribution in [0.4, 0.5) is 18.9 Å². The summed E-state index contributed by atoms with van der Waals surface area (Å²) in [7, 11) is 0. The highest BCUT2D eigenvalue weighted by Crippen LogP contribution is 2.30. The Labute approximate surface area is 86.4 Å². The number of nitrogens with zero attached hydrogens (tertiary/aromatic N) is 1. The van der Waals surface area contributed by atoms with Crippen LogP contribution >= 0.6 is 12.0 Å². The number of halogens is 3. The fourth-order valence-corrected chi connectivity index (χ4v) is 1.24. The van der Waals surface area contributed by atoms with Gasteiger partial charge in [-0.25, -0.2) is 4.18 Å². The molecule has 0 bridgehead atoms. The molecule has 0 atom stereocenters. The molecule has 82 valence electrons. The molecule has 0 aliphatic rings. The van der Waals surface area contributed by atoms with Crippen LogP contribution in [0.2, 0.25) is 0 Å². The molecule has 15 heavy (non-hydrogen) atoms. The smallest absolute Gasteiger partial charge is 0.258 e. The van der Waals surface area contributed by atoms with Gasteiger partial charge in [0.05, 0.1) is 4.92 Å². The van der Waals surface area contributed by atoms with Gasteiger partial charge in [-0.1, -0.05) is 6.07 Å². The Kier molecular flexibility index (Phi) is 3.53. The monoisotopic (exact) mass is 239 g/mol. The molecule has 0 spiro atoms. The molecular weight excluding hydrogens is 235 g/mol. The van der Waals surface area contributed by atoms with Gasteiger partial charge in [-0.05, 0) is 6.07 Å². The van der Waals surface area contributed by atoms with Crippen LogP contribution in [-0.2, 0) is 4.18 Å². The molecule has 4 nitrogen and oxygen atoms in total. The van der Waals surface area contributed by atoms with Crippen molar-refractivity contribution >= 4 is 17.7 Å². The van der Waals surface area contributed by atoms with E-state index in [1.165, 1.54) is 18.2 Å². The molecule has 0 aliphatic heterocycles. The second kappa shape index (κ2) is 4.49. The van der Waals surface area contributed by atoms with Gasteiger partial charge in [-0.2, -0.15) is 0 Å². The van der Waals surface area contributed by atoms with Crippen molar-refractivity contribution in [3.63, 3.8) is 0 Å². The Balaban J connectivity index is 2.70. The number of rotatable bonds is 3. The molecule has 0 aromatic heterocycles. The van der Waals surface area contributed by atoms with E-state index in [0.29, 0.717) is 0 Å². The van der Waals surface area contributed by atoms with Crippen LogP contribution in [0.3, 0.4) is 0 Å². The minimum atomic E-state index is -4.77. The minimum absolute atomic E-state index is 0.0153. The molecule has 1 rings (SSSR count). The van der Waals surface area contributed by atoms with Crippen molar-refractivity contribution in [2.75, 3.05) is 0 Å². The molecule has 0 amide bonds. The highest BCUT2D eigenvalue weighted by Gasteiger charge is 2.30. The Morgan fingerprint density at radius 1 is 1.40 bits per heavy atom. The van der Waals surface area contributed by atoms with Crippen LogP contribution in [0.1, 0.15) is 0 Å². The van der Waals surface area contributed by atoms with Crippen molar-refractivity contribution in [1.82, 2.24) is 0 Å². The van der Waals surface area contributed by atoms with E-state index in [9.17, 15) is 23.3 Å². The SMILES string of the molecule is O=[N+]([O-])c1cccc(SOC(F)(F)F)c1. The molecule has 1 aromatic rings. The van der Waals surface area contributed by atoms with Crippen LogP contribution in [0.25, 0.3) is 0 Å². The van der Waals surface area contributed by atoms with Crippen LogP contribution in [0, 0.1) is 10.1 Å². The normalized spacial score (nSPS) is 11.4. The Morgan fingerprint density at radius 3 is 2.60 bits per heavy atom. The lowest BCUT2D eigenvalue weighted by atomic mass is 10.3. The van der Waals surface area contributed by atoms with E-state index in [0.717, 1.165) is 6.07 Å². The first kappa shape index (κ1) is 11.8. The quantitative estimate of drug-likeness (QED) is 0.462. The van der Waals surface area contributed by atoms with Crippen LogP contribution < -0.4 is 0 Å². The lowest BCUT2D eigenvalue weighted by Gasteiger charge is -2.04. The van der Waals surface area contributed by atoms with Crippen molar-refractivity contribution in [2.45, 2.75) is 11.3 Å². The predicted octanol–water partition coefficient (Wildman–Crippen LogP) is 3.14. The molecule has 1 aromatic carbocycles. The van der Waals surface area contributed by atoms with Gasteiger partial charge in [0.1, 0.15) is 0 Å². The number of hydrogen-bond donors (Lipinski definition) is 0. The molecule has 0 fully saturated rings. The van der Waals surface area contributed by atoms with Gasteiger partial charge in [0.25, 0.3) is 5.69 Å². The topological polar surface area (TPSA) is 52.4 Å². The second-order valence-corrected chi connectivity index (χ2v) is 3.17. The summed E-state index contributed by atoms with van der Waals surface area (Å²) in [5.74, 6) is 0. The number of nitro benzene ring substituents is 1. The van der Waals surface area contributed by atoms with E-state index in [1.807, 2.05) is 0 Å². The van der Waals surface area contributed by atoms with Crippen LogP contribution in [-0.4, -0.2) is 11.3 Å². The number of hydrogen-bond acceptors (Lipinski definition) is 4. The Hall–Kier alpha value is -1.28. The van der Waals surface area contributed by atoms with E-state index < -0.39 is 11.3 Å². The summed E-state index contributed by atoms with van der Waals surface area (Å²) in [6.07, 6.45) is -4.77. The van der Waals surface area contributed by atoms with Crippen molar-refractivity contribution in [2.24, 2.45) is 0 Å². The zero-order chi connectivity index (χ0) is 11.5. The van der Waals surface area contributed by atoms with E-state index in [-0.39, 0.29) is 22.6 Å². The van der Waals surface area contributed by atoms with E-state index in [2.05, 4.69) is 4.18 Å². The molecule has 0 saturated carbocycles. The summed E-state index contributed by atoms with van der Waals surface area (Å²) in [4.78, 5) is 9.61. The first-order chi connectivity index (χ1) is 6.88. The third-order valence-corrected chi connectivity index (χ3v) is 1.98. The van der Waals surface area contributed by atoms with Crippen LogP contribution in [0.5, 0.6) is 0 Å². The van der Waals surface area contributed by atoms with Gasteiger partial charge in [0.15, 0.2) is 0 Å². The van der Waals surface area contributed by atoms with E-state index in [1.54, 1.807) is 0 Å². The predicted molar refractivity (Wildman–Crippen MR) is 46.1 cm³/mol. The maximum absolute atomic E-state index is 11.6. The zero-order valence-electron chi connectivity index (χ0n) is 7.02.